The van der Waals surface area contributed by atoms with Crippen molar-refractivity contribution in [3.63, 3.8) is 0 Å². The Bertz CT molecular complexity index is 561. The highest BCUT2D eigenvalue weighted by Crippen LogP contribution is 2.31. The monoisotopic (exact) mass is 266 g/mol. The molecule has 16 heavy (non-hydrogen) atoms. The van der Waals surface area contributed by atoms with Crippen LogP contribution >= 0.6 is 34.3 Å². The van der Waals surface area contributed by atoms with Crippen molar-refractivity contribution in [3.8, 4) is 6.07 Å². The smallest absolute Gasteiger partial charge is 0.102 e. The topological polar surface area (TPSA) is 36.7 Å². The predicted octanol–water partition coefficient (Wildman–Crippen LogP) is 4.14. The molecule has 2 heterocycles. The quantitative estimate of drug-likeness (QED) is 0.766. The minimum Gasteiger partial charge on any atom is -0.241 e. The van der Waals surface area contributed by atoms with Gasteiger partial charge in [-0.25, -0.2) is 4.98 Å². The van der Waals surface area contributed by atoms with Gasteiger partial charge in [0.25, 0.3) is 0 Å². The van der Waals surface area contributed by atoms with Gasteiger partial charge in [-0.2, -0.15) is 5.26 Å². The maximum absolute atomic E-state index is 9.13. The van der Waals surface area contributed by atoms with Crippen LogP contribution in [0.2, 0.25) is 0 Å². The number of hydrogen-bond donors (Lipinski definition) is 0. The van der Waals surface area contributed by atoms with E-state index in [1.165, 1.54) is 22.7 Å². The summed E-state index contributed by atoms with van der Waals surface area (Å²) in [7, 11) is 0. The highest BCUT2D eigenvalue weighted by molar-refractivity contribution is 7.11. The highest BCUT2D eigenvalue weighted by atomic mass is 35.5. The van der Waals surface area contributed by atoms with Crippen molar-refractivity contribution in [3.05, 3.63) is 38.5 Å². The summed E-state index contributed by atoms with van der Waals surface area (Å²) in [6, 6.07) is 5.91. The summed E-state index contributed by atoms with van der Waals surface area (Å²) in [6.07, 6.45) is 0. The first-order chi connectivity index (χ1) is 7.72. The molecule has 0 fully saturated rings. The van der Waals surface area contributed by atoms with Crippen LogP contribution in [0.3, 0.4) is 0 Å². The van der Waals surface area contributed by atoms with E-state index >= 15 is 0 Å². The SMILES string of the molecule is Cc1nc(/C(Cl)=C(/C#N)c2cccs2)cs1. The van der Waals surface area contributed by atoms with Crippen LogP contribution in [-0.4, -0.2) is 4.98 Å². The van der Waals surface area contributed by atoms with Crippen LogP contribution in [0.5, 0.6) is 0 Å². The van der Waals surface area contributed by atoms with Gasteiger partial charge < -0.3 is 0 Å². The molecule has 0 aliphatic carbocycles. The molecule has 0 saturated heterocycles. The van der Waals surface area contributed by atoms with Crippen molar-refractivity contribution in [2.45, 2.75) is 6.92 Å². The zero-order valence-electron chi connectivity index (χ0n) is 8.40. The number of rotatable bonds is 2. The molecule has 0 bridgehead atoms. The van der Waals surface area contributed by atoms with Crippen LogP contribution in [-0.2, 0) is 0 Å². The molecule has 80 valence electrons. The Morgan fingerprint density at radius 3 is 2.81 bits per heavy atom. The summed E-state index contributed by atoms with van der Waals surface area (Å²) in [5, 5.41) is 14.3. The summed E-state index contributed by atoms with van der Waals surface area (Å²) in [5.74, 6) is 0. The van der Waals surface area contributed by atoms with Gasteiger partial charge in [0.15, 0.2) is 0 Å². The molecule has 0 radical (unpaired) electrons. The Labute approximate surface area is 106 Å². The average molecular weight is 267 g/mol. The van der Waals surface area contributed by atoms with Crippen LogP contribution < -0.4 is 0 Å². The summed E-state index contributed by atoms with van der Waals surface area (Å²) in [5.41, 5.74) is 1.16. The average Bonchev–Trinajstić information content (AvgIpc) is 2.90. The number of thiophene rings is 1. The van der Waals surface area contributed by atoms with E-state index in [0.29, 0.717) is 16.3 Å². The number of hydrogen-bond acceptors (Lipinski definition) is 4. The van der Waals surface area contributed by atoms with Crippen molar-refractivity contribution in [2.24, 2.45) is 0 Å². The van der Waals surface area contributed by atoms with E-state index in [4.69, 9.17) is 16.9 Å². The standard InChI is InChI=1S/C11H7ClN2S2/c1-7-14-9(6-16-7)11(12)8(5-13)10-3-2-4-15-10/h2-4,6H,1H3/b11-8+. The molecule has 0 aliphatic heterocycles. The van der Waals surface area contributed by atoms with Gasteiger partial charge in [0.05, 0.1) is 21.3 Å². The maximum atomic E-state index is 9.13. The Balaban J connectivity index is 2.51. The van der Waals surface area contributed by atoms with Crippen LogP contribution in [0.25, 0.3) is 10.6 Å². The second-order valence-corrected chi connectivity index (χ2v) is 5.42. The zero-order chi connectivity index (χ0) is 11.5. The third-order valence-electron chi connectivity index (χ3n) is 1.94. The van der Waals surface area contributed by atoms with Gasteiger partial charge in [0, 0.05) is 10.3 Å². The van der Waals surface area contributed by atoms with Gasteiger partial charge in [0.1, 0.15) is 6.07 Å². The van der Waals surface area contributed by atoms with Gasteiger partial charge in [0.2, 0.25) is 0 Å². The van der Waals surface area contributed by atoms with E-state index in [0.717, 1.165) is 9.88 Å². The van der Waals surface area contributed by atoms with E-state index in [1.54, 1.807) is 0 Å². The molecule has 0 aliphatic rings. The summed E-state index contributed by atoms with van der Waals surface area (Å²) in [4.78, 5) is 5.14. The lowest BCUT2D eigenvalue weighted by atomic mass is 10.2. The van der Waals surface area contributed by atoms with E-state index in [-0.39, 0.29) is 0 Å². The van der Waals surface area contributed by atoms with E-state index in [9.17, 15) is 0 Å². The summed E-state index contributed by atoms with van der Waals surface area (Å²) in [6.45, 7) is 1.91. The normalized spacial score (nSPS) is 12.1. The van der Waals surface area contributed by atoms with Gasteiger partial charge in [-0.3, -0.25) is 0 Å². The molecule has 0 aromatic carbocycles. The molecule has 2 rings (SSSR count). The fraction of sp³-hybridized carbons (Fsp3) is 0.0909. The van der Waals surface area contributed by atoms with Crippen molar-refractivity contribution in [1.82, 2.24) is 4.98 Å². The van der Waals surface area contributed by atoms with Gasteiger partial charge in [-0.15, -0.1) is 22.7 Å². The third-order valence-corrected chi connectivity index (χ3v) is 3.99. The third kappa shape index (κ3) is 2.17. The van der Waals surface area contributed by atoms with Gasteiger partial charge in [-0.1, -0.05) is 17.7 Å². The fourth-order valence-electron chi connectivity index (χ4n) is 1.23. The van der Waals surface area contributed by atoms with Crippen LogP contribution in [0.15, 0.2) is 22.9 Å². The molecule has 0 spiro atoms. The predicted molar refractivity (Wildman–Crippen MR) is 69.5 cm³/mol. The Morgan fingerprint density at radius 1 is 1.50 bits per heavy atom. The molecule has 0 amide bonds. The Hall–Kier alpha value is -1.15. The number of aromatic nitrogens is 1. The van der Waals surface area contributed by atoms with Gasteiger partial charge in [-0.05, 0) is 18.4 Å². The lowest BCUT2D eigenvalue weighted by molar-refractivity contribution is 1.27. The maximum Gasteiger partial charge on any atom is 0.102 e. The first-order valence-electron chi connectivity index (χ1n) is 4.48. The highest BCUT2D eigenvalue weighted by Gasteiger charge is 2.12. The van der Waals surface area contributed by atoms with E-state index in [1.807, 2.05) is 29.8 Å². The molecule has 0 unspecified atom stereocenters. The van der Waals surface area contributed by atoms with E-state index in [2.05, 4.69) is 11.1 Å². The lowest BCUT2D eigenvalue weighted by Gasteiger charge is -1.97. The van der Waals surface area contributed by atoms with Crippen LogP contribution in [0.1, 0.15) is 15.6 Å². The molecule has 0 N–H and O–H groups in total. The molecular formula is C11H7ClN2S2. The number of halogens is 1. The molecule has 0 atom stereocenters. The second-order valence-electron chi connectivity index (χ2n) is 3.03. The Morgan fingerprint density at radius 2 is 2.31 bits per heavy atom. The molecule has 0 saturated carbocycles. The largest absolute Gasteiger partial charge is 0.241 e. The number of nitriles is 1. The fourth-order valence-corrected chi connectivity index (χ4v) is 2.92. The van der Waals surface area contributed by atoms with Crippen LogP contribution in [0, 0.1) is 18.3 Å². The minimum absolute atomic E-state index is 0.425. The van der Waals surface area contributed by atoms with Crippen molar-refractivity contribution >= 4 is 44.9 Å². The second kappa shape index (κ2) is 4.79. The minimum atomic E-state index is 0.425. The summed E-state index contributed by atoms with van der Waals surface area (Å²) < 4.78 is 0. The number of allylic oxidation sites excluding steroid dienone is 1. The first-order valence-corrected chi connectivity index (χ1v) is 6.62. The van der Waals surface area contributed by atoms with Gasteiger partial charge >= 0.3 is 0 Å². The number of aryl methyl sites for hydroxylation is 1. The van der Waals surface area contributed by atoms with E-state index < -0.39 is 0 Å². The van der Waals surface area contributed by atoms with Crippen molar-refractivity contribution in [1.29, 1.82) is 5.26 Å². The molecule has 2 nitrogen and oxygen atoms in total. The molecule has 2 aromatic rings. The van der Waals surface area contributed by atoms with Crippen molar-refractivity contribution < 1.29 is 0 Å². The number of thiazole rings is 1. The molecule has 2 aromatic heterocycles. The molecular weight excluding hydrogens is 260 g/mol. The molecule has 5 heteroatoms. The first kappa shape index (κ1) is 11.3. The lowest BCUT2D eigenvalue weighted by Crippen LogP contribution is -1.83. The zero-order valence-corrected chi connectivity index (χ0v) is 10.8. The summed E-state index contributed by atoms with van der Waals surface area (Å²) >= 11 is 9.20. The Kier molecular flexibility index (Phi) is 3.39. The number of nitrogens with zero attached hydrogens (tertiary/aromatic N) is 2. The van der Waals surface area contributed by atoms with Crippen molar-refractivity contribution in [2.75, 3.05) is 0 Å². The van der Waals surface area contributed by atoms with Crippen LogP contribution in [0.4, 0.5) is 0 Å².